The standard InChI is InChI=1S/C28H21BrN2O4S/c1-17-5-2-3-6-20(17)16-35-22-11-9-18(10-12-22)25(32)23-24(19-7-4-8-21(29)15-19)31(27(34)26(23)33)28-30-13-14-36-28/h2-15,24,32H,16H2,1H3. The molecule has 1 aliphatic heterocycles. The first-order valence-corrected chi connectivity index (χ1v) is 12.8. The van der Waals surface area contributed by atoms with E-state index in [1.54, 1.807) is 35.8 Å². The summed E-state index contributed by atoms with van der Waals surface area (Å²) >= 11 is 4.71. The fourth-order valence-corrected chi connectivity index (χ4v) is 5.24. The Morgan fingerprint density at radius 1 is 1.08 bits per heavy atom. The molecule has 4 aromatic rings. The SMILES string of the molecule is Cc1ccccc1COc1ccc(C(O)=C2C(=O)C(=O)N(c3nccs3)C2c2cccc(Br)c2)cc1. The number of carbonyl (C=O) groups excluding carboxylic acids is 2. The Morgan fingerprint density at radius 3 is 2.56 bits per heavy atom. The summed E-state index contributed by atoms with van der Waals surface area (Å²) in [6.45, 7) is 2.45. The summed E-state index contributed by atoms with van der Waals surface area (Å²) in [5.74, 6) is -1.10. The highest BCUT2D eigenvalue weighted by atomic mass is 79.9. The molecule has 0 bridgehead atoms. The number of amides is 1. The summed E-state index contributed by atoms with van der Waals surface area (Å²) in [6.07, 6.45) is 1.58. The van der Waals surface area contributed by atoms with E-state index in [0.29, 0.717) is 28.6 Å². The Kier molecular flexibility index (Phi) is 6.71. The van der Waals surface area contributed by atoms with Gasteiger partial charge in [0.15, 0.2) is 5.13 Å². The van der Waals surface area contributed by atoms with E-state index >= 15 is 0 Å². The van der Waals surface area contributed by atoms with Gasteiger partial charge in [0, 0.05) is 21.6 Å². The average molecular weight is 561 g/mol. The normalized spacial score (nSPS) is 16.9. The van der Waals surface area contributed by atoms with Crippen molar-refractivity contribution in [1.29, 1.82) is 0 Å². The van der Waals surface area contributed by atoms with Crippen LogP contribution in [0.3, 0.4) is 0 Å². The Labute approximate surface area is 220 Å². The highest BCUT2D eigenvalue weighted by Gasteiger charge is 2.48. The monoisotopic (exact) mass is 560 g/mol. The van der Waals surface area contributed by atoms with Crippen molar-refractivity contribution in [2.45, 2.75) is 19.6 Å². The van der Waals surface area contributed by atoms with Crippen LogP contribution in [0.1, 0.15) is 28.3 Å². The number of rotatable bonds is 6. The molecule has 6 nitrogen and oxygen atoms in total. The third-order valence-electron chi connectivity index (χ3n) is 6.02. The highest BCUT2D eigenvalue weighted by molar-refractivity contribution is 9.10. The molecular formula is C28H21BrN2O4S. The van der Waals surface area contributed by atoms with Gasteiger partial charge in [0.1, 0.15) is 18.1 Å². The number of hydrogen-bond acceptors (Lipinski definition) is 6. The van der Waals surface area contributed by atoms with E-state index in [1.165, 1.54) is 16.2 Å². The maximum atomic E-state index is 13.2. The molecule has 0 aliphatic carbocycles. The molecule has 0 saturated carbocycles. The number of aromatic nitrogens is 1. The molecule has 1 N–H and O–H groups in total. The number of aliphatic hydroxyl groups excluding tert-OH is 1. The molecule has 1 fully saturated rings. The van der Waals surface area contributed by atoms with Crippen molar-refractivity contribution in [1.82, 2.24) is 4.98 Å². The summed E-state index contributed by atoms with van der Waals surface area (Å²) in [5, 5.41) is 13.4. The van der Waals surface area contributed by atoms with Crippen LogP contribution < -0.4 is 9.64 Å². The smallest absolute Gasteiger partial charge is 0.301 e. The predicted octanol–water partition coefficient (Wildman–Crippen LogP) is 6.42. The lowest BCUT2D eigenvalue weighted by Gasteiger charge is -2.23. The van der Waals surface area contributed by atoms with Crippen molar-refractivity contribution in [3.8, 4) is 5.75 Å². The van der Waals surface area contributed by atoms with Crippen molar-refractivity contribution < 1.29 is 19.4 Å². The minimum atomic E-state index is -0.814. The number of carbonyl (C=O) groups is 2. The molecule has 180 valence electrons. The molecule has 1 saturated heterocycles. The summed E-state index contributed by atoms with van der Waals surface area (Å²) in [6, 6.07) is 21.3. The maximum Gasteiger partial charge on any atom is 0.301 e. The highest BCUT2D eigenvalue weighted by Crippen LogP contribution is 2.43. The topological polar surface area (TPSA) is 79.7 Å². The zero-order chi connectivity index (χ0) is 25.2. The number of nitrogens with zero attached hydrogens (tertiary/aromatic N) is 2. The molecule has 2 heterocycles. The first-order chi connectivity index (χ1) is 17.4. The first-order valence-electron chi connectivity index (χ1n) is 11.2. The van der Waals surface area contributed by atoms with Crippen molar-refractivity contribution >= 4 is 49.8 Å². The van der Waals surface area contributed by atoms with Crippen LogP contribution in [0.15, 0.2) is 94.4 Å². The predicted molar refractivity (Wildman–Crippen MR) is 143 cm³/mol. The van der Waals surface area contributed by atoms with Gasteiger partial charge in [0.2, 0.25) is 0 Å². The molecule has 36 heavy (non-hydrogen) atoms. The van der Waals surface area contributed by atoms with E-state index in [1.807, 2.05) is 55.5 Å². The van der Waals surface area contributed by atoms with Crippen molar-refractivity contribution in [2.24, 2.45) is 0 Å². The van der Waals surface area contributed by atoms with Gasteiger partial charge in [-0.3, -0.25) is 14.5 Å². The molecule has 1 amide bonds. The summed E-state index contributed by atoms with van der Waals surface area (Å²) < 4.78 is 6.69. The number of anilines is 1. The van der Waals surface area contributed by atoms with E-state index in [4.69, 9.17) is 4.74 Å². The maximum absolute atomic E-state index is 13.2. The molecule has 1 aromatic heterocycles. The van der Waals surface area contributed by atoms with E-state index in [2.05, 4.69) is 20.9 Å². The molecular weight excluding hydrogens is 540 g/mol. The van der Waals surface area contributed by atoms with E-state index in [-0.39, 0.29) is 11.3 Å². The number of benzene rings is 3. The van der Waals surface area contributed by atoms with Crippen molar-refractivity contribution in [3.05, 3.63) is 117 Å². The zero-order valence-electron chi connectivity index (χ0n) is 19.2. The minimum absolute atomic E-state index is 0.0156. The third kappa shape index (κ3) is 4.57. The van der Waals surface area contributed by atoms with Crippen LogP contribution in [0, 0.1) is 6.92 Å². The lowest BCUT2D eigenvalue weighted by atomic mass is 9.95. The molecule has 0 radical (unpaired) electrons. The Morgan fingerprint density at radius 2 is 1.86 bits per heavy atom. The Hall–Kier alpha value is -3.75. The number of Topliss-reactive ketones (excluding diaryl/α,β-unsaturated/α-hetero) is 1. The van der Waals surface area contributed by atoms with E-state index in [9.17, 15) is 14.7 Å². The second-order valence-corrected chi connectivity index (χ2v) is 10.1. The van der Waals surface area contributed by atoms with Gasteiger partial charge in [-0.1, -0.05) is 52.3 Å². The number of ketones is 1. The van der Waals surface area contributed by atoms with Crippen molar-refractivity contribution in [3.63, 3.8) is 0 Å². The fourth-order valence-electron chi connectivity index (χ4n) is 4.15. The van der Waals surface area contributed by atoms with Gasteiger partial charge < -0.3 is 9.84 Å². The van der Waals surface area contributed by atoms with Crippen LogP contribution in [0.4, 0.5) is 5.13 Å². The second kappa shape index (κ2) is 10.1. The Bertz CT molecular complexity index is 1470. The molecule has 1 unspecified atom stereocenters. The number of aliphatic hydroxyl groups is 1. The minimum Gasteiger partial charge on any atom is -0.507 e. The lowest BCUT2D eigenvalue weighted by molar-refractivity contribution is -0.132. The largest absolute Gasteiger partial charge is 0.507 e. The molecule has 5 rings (SSSR count). The van der Waals surface area contributed by atoms with Gasteiger partial charge in [-0.25, -0.2) is 4.98 Å². The third-order valence-corrected chi connectivity index (χ3v) is 7.28. The molecule has 1 aliphatic rings. The number of ether oxygens (including phenoxy) is 1. The van der Waals surface area contributed by atoms with Crippen LogP contribution in [-0.4, -0.2) is 21.8 Å². The molecule has 8 heteroatoms. The molecule has 1 atom stereocenters. The van der Waals surface area contributed by atoms with Gasteiger partial charge in [-0.05, 0) is 60.0 Å². The van der Waals surface area contributed by atoms with Gasteiger partial charge >= 0.3 is 5.91 Å². The van der Waals surface area contributed by atoms with Gasteiger partial charge in [0.25, 0.3) is 5.78 Å². The van der Waals surface area contributed by atoms with Gasteiger partial charge in [0.05, 0.1) is 11.6 Å². The van der Waals surface area contributed by atoms with Crippen LogP contribution >= 0.6 is 27.3 Å². The number of halogens is 1. The number of hydrogen-bond donors (Lipinski definition) is 1. The molecule has 0 spiro atoms. The van der Waals surface area contributed by atoms with Gasteiger partial charge in [-0.2, -0.15) is 0 Å². The summed E-state index contributed by atoms with van der Waals surface area (Å²) in [4.78, 5) is 31.9. The van der Waals surface area contributed by atoms with E-state index in [0.717, 1.165) is 15.6 Å². The fraction of sp³-hybridized carbons (Fsp3) is 0.107. The molecule has 3 aromatic carbocycles. The summed E-state index contributed by atoms with van der Waals surface area (Å²) in [5.41, 5.74) is 3.33. The number of aryl methyl sites for hydroxylation is 1. The van der Waals surface area contributed by atoms with Crippen LogP contribution in [0.25, 0.3) is 5.76 Å². The lowest BCUT2D eigenvalue weighted by Crippen LogP contribution is -2.29. The number of thiazole rings is 1. The van der Waals surface area contributed by atoms with E-state index < -0.39 is 17.7 Å². The Balaban J connectivity index is 1.50. The average Bonchev–Trinajstić information content (AvgIpc) is 3.50. The van der Waals surface area contributed by atoms with Crippen molar-refractivity contribution in [2.75, 3.05) is 4.90 Å². The van der Waals surface area contributed by atoms with Crippen LogP contribution in [0.2, 0.25) is 0 Å². The van der Waals surface area contributed by atoms with Gasteiger partial charge in [-0.15, -0.1) is 11.3 Å². The summed E-state index contributed by atoms with van der Waals surface area (Å²) in [7, 11) is 0. The first kappa shape index (κ1) is 24.0. The quantitative estimate of drug-likeness (QED) is 0.167. The zero-order valence-corrected chi connectivity index (χ0v) is 21.6. The van der Waals surface area contributed by atoms with Crippen LogP contribution in [0.5, 0.6) is 5.75 Å². The second-order valence-electron chi connectivity index (χ2n) is 8.28. The van der Waals surface area contributed by atoms with Crippen LogP contribution in [-0.2, 0) is 16.2 Å².